The van der Waals surface area contributed by atoms with Gasteiger partial charge in [-0.15, -0.1) is 0 Å². The lowest BCUT2D eigenvalue weighted by Gasteiger charge is -2.34. The van der Waals surface area contributed by atoms with Crippen LogP contribution in [0.1, 0.15) is 38.2 Å². The third kappa shape index (κ3) is 3.85. The van der Waals surface area contributed by atoms with Crippen molar-refractivity contribution >= 4 is 12.1 Å². The number of nitrogens with one attached hydrogen (secondary N) is 1. The van der Waals surface area contributed by atoms with Gasteiger partial charge in [0.15, 0.2) is 0 Å². The molecule has 1 atom stereocenters. The predicted molar refractivity (Wildman–Crippen MR) is 78.6 cm³/mol. The van der Waals surface area contributed by atoms with E-state index in [4.69, 9.17) is 0 Å². The van der Waals surface area contributed by atoms with Crippen LogP contribution in [0.2, 0.25) is 0 Å². The maximum absolute atomic E-state index is 12.1. The first-order valence-corrected chi connectivity index (χ1v) is 7.10. The highest BCUT2D eigenvalue weighted by atomic mass is 16.2. The van der Waals surface area contributed by atoms with Gasteiger partial charge >= 0.3 is 6.03 Å². The molecule has 1 aromatic carbocycles. The van der Waals surface area contributed by atoms with E-state index in [1.165, 1.54) is 6.42 Å². The minimum Gasteiger partial charge on any atom is -0.322 e. The van der Waals surface area contributed by atoms with Crippen molar-refractivity contribution in [3.63, 3.8) is 0 Å². The van der Waals surface area contributed by atoms with Crippen LogP contribution in [0.5, 0.6) is 0 Å². The van der Waals surface area contributed by atoms with Gasteiger partial charge in [-0.05, 0) is 37.3 Å². The Balaban J connectivity index is 1.88. The number of hydrogen-bond acceptors (Lipinski definition) is 1. The fourth-order valence-electron chi connectivity index (χ4n) is 2.55. The molecular formula is C16H22N2O. The van der Waals surface area contributed by atoms with Crippen molar-refractivity contribution in [3.05, 3.63) is 42.1 Å². The van der Waals surface area contributed by atoms with Gasteiger partial charge in [0.25, 0.3) is 0 Å². The van der Waals surface area contributed by atoms with Crippen molar-refractivity contribution in [1.82, 2.24) is 10.2 Å². The fraction of sp³-hybridized carbons (Fsp3) is 0.438. The number of carbonyl (C=O) groups is 1. The van der Waals surface area contributed by atoms with E-state index in [9.17, 15) is 4.79 Å². The first-order valence-electron chi connectivity index (χ1n) is 7.10. The standard InChI is InChI=1S/C16H22N2O/c1-2-15-10-6-7-13-18(15)16(19)17-12-11-14-8-4-3-5-9-14/h3-5,8-9,11-12,15H,2,6-7,10,13H2,1H3,(H,17,19)/b12-11+. The molecule has 2 amide bonds. The Morgan fingerprint density at radius 1 is 1.37 bits per heavy atom. The summed E-state index contributed by atoms with van der Waals surface area (Å²) in [4.78, 5) is 14.1. The largest absolute Gasteiger partial charge is 0.322 e. The van der Waals surface area contributed by atoms with Crippen molar-refractivity contribution in [1.29, 1.82) is 0 Å². The van der Waals surface area contributed by atoms with Gasteiger partial charge in [-0.3, -0.25) is 0 Å². The van der Waals surface area contributed by atoms with E-state index in [1.54, 1.807) is 6.20 Å². The monoisotopic (exact) mass is 258 g/mol. The minimum absolute atomic E-state index is 0.0266. The smallest absolute Gasteiger partial charge is 0.321 e. The van der Waals surface area contributed by atoms with E-state index in [0.717, 1.165) is 31.4 Å². The Bertz CT molecular complexity index is 428. The highest BCUT2D eigenvalue weighted by Gasteiger charge is 2.24. The lowest BCUT2D eigenvalue weighted by molar-refractivity contribution is 0.152. The molecule has 0 saturated carbocycles. The molecule has 1 aliphatic heterocycles. The Morgan fingerprint density at radius 2 is 2.16 bits per heavy atom. The molecule has 1 saturated heterocycles. The maximum Gasteiger partial charge on any atom is 0.321 e. The molecule has 0 bridgehead atoms. The van der Waals surface area contributed by atoms with Gasteiger partial charge in [-0.2, -0.15) is 0 Å². The van der Waals surface area contributed by atoms with E-state index < -0.39 is 0 Å². The molecule has 0 aliphatic carbocycles. The number of amides is 2. The van der Waals surface area contributed by atoms with Gasteiger partial charge in [0, 0.05) is 18.8 Å². The quantitative estimate of drug-likeness (QED) is 0.882. The summed E-state index contributed by atoms with van der Waals surface area (Å²) in [6, 6.07) is 10.4. The first-order chi connectivity index (χ1) is 9.31. The molecule has 0 aromatic heterocycles. The van der Waals surface area contributed by atoms with Crippen molar-refractivity contribution < 1.29 is 4.79 Å². The van der Waals surface area contributed by atoms with Gasteiger partial charge in [0.2, 0.25) is 0 Å². The van der Waals surface area contributed by atoms with E-state index in [-0.39, 0.29) is 6.03 Å². The molecule has 2 rings (SSSR count). The fourth-order valence-corrected chi connectivity index (χ4v) is 2.55. The Morgan fingerprint density at radius 3 is 2.89 bits per heavy atom. The summed E-state index contributed by atoms with van der Waals surface area (Å²) in [6.07, 6.45) is 8.18. The topological polar surface area (TPSA) is 32.3 Å². The molecule has 3 nitrogen and oxygen atoms in total. The number of piperidine rings is 1. The molecule has 1 heterocycles. The average molecular weight is 258 g/mol. The molecule has 3 heteroatoms. The van der Waals surface area contributed by atoms with Crippen LogP contribution in [0.3, 0.4) is 0 Å². The number of carbonyl (C=O) groups excluding carboxylic acids is 1. The second kappa shape index (κ2) is 6.98. The first kappa shape index (κ1) is 13.7. The van der Waals surface area contributed by atoms with Gasteiger partial charge in [0.05, 0.1) is 0 Å². The van der Waals surface area contributed by atoms with Gasteiger partial charge < -0.3 is 10.2 Å². The summed E-state index contributed by atoms with van der Waals surface area (Å²) in [5.74, 6) is 0. The normalized spacial score (nSPS) is 19.6. The number of likely N-dealkylation sites (tertiary alicyclic amines) is 1. The lowest BCUT2D eigenvalue weighted by atomic mass is 10.0. The molecule has 0 spiro atoms. The number of nitrogens with zero attached hydrogens (tertiary/aromatic N) is 1. The Labute approximate surface area is 115 Å². The molecule has 1 unspecified atom stereocenters. The van der Waals surface area contributed by atoms with E-state index in [1.807, 2.05) is 41.3 Å². The van der Waals surface area contributed by atoms with E-state index in [2.05, 4.69) is 12.2 Å². The van der Waals surface area contributed by atoms with E-state index >= 15 is 0 Å². The Hall–Kier alpha value is -1.77. The highest BCUT2D eigenvalue weighted by Crippen LogP contribution is 2.19. The molecule has 1 N–H and O–H groups in total. The number of urea groups is 1. The number of rotatable bonds is 3. The molecule has 0 radical (unpaired) electrons. The van der Waals surface area contributed by atoms with Crippen molar-refractivity contribution in [2.45, 2.75) is 38.6 Å². The SMILES string of the molecule is CCC1CCCCN1C(=O)N/C=C/c1ccccc1. The molecule has 1 aromatic rings. The van der Waals surface area contributed by atoms with Crippen LogP contribution < -0.4 is 5.32 Å². The third-order valence-corrected chi connectivity index (χ3v) is 3.64. The van der Waals surface area contributed by atoms with Crippen LogP contribution in [0.25, 0.3) is 6.08 Å². The van der Waals surface area contributed by atoms with Crippen LogP contribution in [-0.2, 0) is 0 Å². The van der Waals surface area contributed by atoms with Crippen LogP contribution >= 0.6 is 0 Å². The van der Waals surface area contributed by atoms with Crippen molar-refractivity contribution in [3.8, 4) is 0 Å². The number of hydrogen-bond donors (Lipinski definition) is 1. The molecule has 1 fully saturated rings. The van der Waals surface area contributed by atoms with Gasteiger partial charge in [-0.25, -0.2) is 4.79 Å². The molecule has 102 valence electrons. The maximum atomic E-state index is 12.1. The summed E-state index contributed by atoms with van der Waals surface area (Å²) >= 11 is 0. The van der Waals surface area contributed by atoms with Crippen molar-refractivity contribution in [2.24, 2.45) is 0 Å². The Kier molecular flexibility index (Phi) is 5.01. The zero-order valence-corrected chi connectivity index (χ0v) is 11.5. The zero-order valence-electron chi connectivity index (χ0n) is 11.5. The van der Waals surface area contributed by atoms with Crippen LogP contribution in [0, 0.1) is 0 Å². The summed E-state index contributed by atoms with van der Waals surface area (Å²) < 4.78 is 0. The predicted octanol–water partition coefficient (Wildman–Crippen LogP) is 3.63. The van der Waals surface area contributed by atoms with Crippen LogP contribution in [0.4, 0.5) is 4.79 Å². The molecule has 19 heavy (non-hydrogen) atoms. The summed E-state index contributed by atoms with van der Waals surface area (Å²) in [6.45, 7) is 3.03. The zero-order chi connectivity index (χ0) is 13.5. The lowest BCUT2D eigenvalue weighted by Crippen LogP contribution is -2.47. The van der Waals surface area contributed by atoms with E-state index in [0.29, 0.717) is 6.04 Å². The van der Waals surface area contributed by atoms with Crippen LogP contribution in [0.15, 0.2) is 36.5 Å². The summed E-state index contributed by atoms with van der Waals surface area (Å²) in [5.41, 5.74) is 1.09. The molecular weight excluding hydrogens is 236 g/mol. The minimum atomic E-state index is 0.0266. The van der Waals surface area contributed by atoms with Gasteiger partial charge in [0.1, 0.15) is 0 Å². The third-order valence-electron chi connectivity index (χ3n) is 3.64. The summed E-state index contributed by atoms with van der Waals surface area (Å²) in [5, 5.41) is 2.87. The van der Waals surface area contributed by atoms with Crippen molar-refractivity contribution in [2.75, 3.05) is 6.54 Å². The second-order valence-corrected chi connectivity index (χ2v) is 4.94. The van der Waals surface area contributed by atoms with Crippen LogP contribution in [-0.4, -0.2) is 23.5 Å². The molecule has 1 aliphatic rings. The average Bonchev–Trinajstić information content (AvgIpc) is 2.48. The summed E-state index contributed by atoms with van der Waals surface area (Å²) in [7, 11) is 0. The highest BCUT2D eigenvalue weighted by molar-refractivity contribution is 5.76. The second-order valence-electron chi connectivity index (χ2n) is 4.94. The van der Waals surface area contributed by atoms with Gasteiger partial charge in [-0.1, -0.05) is 37.3 Å². The number of benzene rings is 1.